The van der Waals surface area contributed by atoms with Crippen LogP contribution in [0.2, 0.25) is 0 Å². The lowest BCUT2D eigenvalue weighted by Gasteiger charge is -2.13. The van der Waals surface area contributed by atoms with Crippen molar-refractivity contribution in [1.29, 1.82) is 0 Å². The summed E-state index contributed by atoms with van der Waals surface area (Å²) in [7, 11) is 0. The molecule has 0 unspecified atom stereocenters. The molecule has 0 saturated heterocycles. The van der Waals surface area contributed by atoms with Crippen LogP contribution in [0, 0.1) is 5.82 Å². The van der Waals surface area contributed by atoms with E-state index in [1.165, 1.54) is 0 Å². The average molecular weight is 209 g/mol. The summed E-state index contributed by atoms with van der Waals surface area (Å²) in [6.45, 7) is -0.874. The summed E-state index contributed by atoms with van der Waals surface area (Å²) >= 11 is 0. The Hall–Kier alpha value is -1.30. The molecule has 0 saturated carbocycles. The van der Waals surface area contributed by atoms with Crippen LogP contribution < -0.4 is 5.73 Å². The topological polar surface area (TPSA) is 46.2 Å². The monoisotopic (exact) mass is 209 g/mol. The lowest BCUT2D eigenvalue weighted by atomic mass is 10.1. The number of rotatable bonds is 1. The third kappa shape index (κ3) is 1.95. The molecule has 78 valence electrons. The molecule has 1 aromatic rings. The number of halogens is 4. The van der Waals surface area contributed by atoms with Gasteiger partial charge in [-0.15, -0.1) is 0 Å². The maximum Gasteiger partial charge on any atom is 0.416 e. The fourth-order valence-corrected chi connectivity index (χ4v) is 1.09. The van der Waals surface area contributed by atoms with Gasteiger partial charge in [0.25, 0.3) is 0 Å². The number of anilines is 1. The number of aliphatic hydroxyl groups is 1. The summed E-state index contributed by atoms with van der Waals surface area (Å²) in [6.07, 6.45) is -4.71. The van der Waals surface area contributed by atoms with Gasteiger partial charge < -0.3 is 10.8 Å². The van der Waals surface area contributed by atoms with E-state index in [1.54, 1.807) is 0 Å². The van der Waals surface area contributed by atoms with E-state index in [4.69, 9.17) is 10.8 Å². The molecule has 0 aliphatic carbocycles. The van der Waals surface area contributed by atoms with Crippen molar-refractivity contribution in [2.45, 2.75) is 12.8 Å². The lowest BCUT2D eigenvalue weighted by molar-refractivity contribution is -0.138. The van der Waals surface area contributed by atoms with Gasteiger partial charge in [0.2, 0.25) is 0 Å². The first-order valence-electron chi connectivity index (χ1n) is 3.62. The first-order chi connectivity index (χ1) is 6.36. The normalized spacial score (nSPS) is 11.8. The highest BCUT2D eigenvalue weighted by Crippen LogP contribution is 2.34. The minimum Gasteiger partial charge on any atom is -0.398 e. The summed E-state index contributed by atoms with van der Waals surface area (Å²) in [6, 6.07) is 1.04. The van der Waals surface area contributed by atoms with Gasteiger partial charge in [-0.25, -0.2) is 4.39 Å². The van der Waals surface area contributed by atoms with E-state index < -0.39 is 35.4 Å². The quantitative estimate of drug-likeness (QED) is 0.548. The first-order valence-corrected chi connectivity index (χ1v) is 3.62. The standard InChI is InChI=1S/C8H7F4NO/c9-4-1-6(8(10,11)12)5(3-14)7(13)2-4/h1-2,14H,3,13H2. The molecule has 1 aromatic carbocycles. The molecule has 14 heavy (non-hydrogen) atoms. The van der Waals surface area contributed by atoms with Crippen molar-refractivity contribution in [2.24, 2.45) is 0 Å². The van der Waals surface area contributed by atoms with Gasteiger partial charge in [-0.2, -0.15) is 13.2 Å². The Kier molecular flexibility index (Phi) is 2.66. The van der Waals surface area contributed by atoms with E-state index >= 15 is 0 Å². The number of nitrogen functional groups attached to an aromatic ring is 1. The predicted octanol–water partition coefficient (Wildman–Crippen LogP) is 1.92. The van der Waals surface area contributed by atoms with Crippen molar-refractivity contribution >= 4 is 5.69 Å². The summed E-state index contributed by atoms with van der Waals surface area (Å²) in [4.78, 5) is 0. The molecule has 0 fully saturated rings. The molecule has 0 aromatic heterocycles. The first kappa shape index (κ1) is 10.8. The highest BCUT2D eigenvalue weighted by Gasteiger charge is 2.34. The van der Waals surface area contributed by atoms with Crippen molar-refractivity contribution in [3.8, 4) is 0 Å². The third-order valence-electron chi connectivity index (χ3n) is 1.71. The zero-order valence-corrected chi connectivity index (χ0v) is 6.90. The number of aliphatic hydroxyl groups excluding tert-OH is 1. The zero-order chi connectivity index (χ0) is 10.9. The zero-order valence-electron chi connectivity index (χ0n) is 6.90. The summed E-state index contributed by atoms with van der Waals surface area (Å²) in [5.41, 5.74) is 2.99. The molecule has 0 aliphatic heterocycles. The number of hydrogen-bond acceptors (Lipinski definition) is 2. The van der Waals surface area contributed by atoms with Crippen LogP contribution in [0.5, 0.6) is 0 Å². The second-order valence-electron chi connectivity index (χ2n) is 2.68. The molecule has 0 radical (unpaired) electrons. The molecule has 0 aliphatic rings. The van der Waals surface area contributed by atoms with Gasteiger partial charge in [0.15, 0.2) is 0 Å². The van der Waals surface area contributed by atoms with Gasteiger partial charge in [0.05, 0.1) is 12.2 Å². The molecule has 0 atom stereocenters. The maximum absolute atomic E-state index is 12.6. The van der Waals surface area contributed by atoms with Crippen LogP contribution in [0.4, 0.5) is 23.2 Å². The Morgan fingerprint density at radius 1 is 1.29 bits per heavy atom. The van der Waals surface area contributed by atoms with Gasteiger partial charge in [-0.05, 0) is 12.1 Å². The molecule has 0 heterocycles. The average Bonchev–Trinajstić information content (AvgIpc) is 2.01. The molecule has 0 spiro atoms. The number of hydrogen-bond donors (Lipinski definition) is 2. The maximum atomic E-state index is 12.6. The van der Waals surface area contributed by atoms with Crippen molar-refractivity contribution in [3.05, 3.63) is 29.1 Å². The largest absolute Gasteiger partial charge is 0.416 e. The highest BCUT2D eigenvalue weighted by molar-refractivity contribution is 5.52. The van der Waals surface area contributed by atoms with Crippen LogP contribution in [0.25, 0.3) is 0 Å². The molecule has 1 rings (SSSR count). The SMILES string of the molecule is Nc1cc(F)cc(C(F)(F)F)c1CO. The second-order valence-corrected chi connectivity index (χ2v) is 2.68. The van der Waals surface area contributed by atoms with Crippen molar-refractivity contribution in [1.82, 2.24) is 0 Å². The van der Waals surface area contributed by atoms with Gasteiger partial charge in [-0.3, -0.25) is 0 Å². The molecule has 0 bridgehead atoms. The molecule has 2 nitrogen and oxygen atoms in total. The predicted molar refractivity (Wildman–Crippen MR) is 41.7 cm³/mol. The molecule has 3 N–H and O–H groups in total. The van der Waals surface area contributed by atoms with E-state index in [9.17, 15) is 17.6 Å². The Balaban J connectivity index is 3.40. The second kappa shape index (κ2) is 3.45. The van der Waals surface area contributed by atoms with Crippen LogP contribution in [-0.4, -0.2) is 5.11 Å². The third-order valence-corrected chi connectivity index (χ3v) is 1.71. The van der Waals surface area contributed by atoms with Crippen LogP contribution in [0.1, 0.15) is 11.1 Å². The molecular weight excluding hydrogens is 202 g/mol. The lowest BCUT2D eigenvalue weighted by Crippen LogP contribution is -2.12. The van der Waals surface area contributed by atoms with E-state index in [1.807, 2.05) is 0 Å². The Morgan fingerprint density at radius 3 is 2.29 bits per heavy atom. The van der Waals surface area contributed by atoms with E-state index in [-0.39, 0.29) is 0 Å². The Labute approximate surface area is 77.0 Å². The van der Waals surface area contributed by atoms with E-state index in [0.717, 1.165) is 6.07 Å². The molecule has 0 amide bonds. The van der Waals surface area contributed by atoms with Crippen LogP contribution in [0.15, 0.2) is 12.1 Å². The highest BCUT2D eigenvalue weighted by atomic mass is 19.4. The summed E-state index contributed by atoms with van der Waals surface area (Å²) < 4.78 is 49.4. The fourth-order valence-electron chi connectivity index (χ4n) is 1.09. The van der Waals surface area contributed by atoms with Gasteiger partial charge in [-0.1, -0.05) is 0 Å². The fraction of sp³-hybridized carbons (Fsp3) is 0.250. The van der Waals surface area contributed by atoms with Gasteiger partial charge >= 0.3 is 6.18 Å². The summed E-state index contributed by atoms with van der Waals surface area (Å²) in [5.74, 6) is -1.08. The van der Waals surface area contributed by atoms with E-state index in [0.29, 0.717) is 6.07 Å². The summed E-state index contributed by atoms with van der Waals surface area (Å²) in [5, 5.41) is 8.65. The minimum absolute atomic E-state index is 0.307. The molecule has 6 heteroatoms. The van der Waals surface area contributed by atoms with Crippen LogP contribution in [-0.2, 0) is 12.8 Å². The van der Waals surface area contributed by atoms with Gasteiger partial charge in [0.1, 0.15) is 5.82 Å². The van der Waals surface area contributed by atoms with Gasteiger partial charge in [0, 0.05) is 11.3 Å². The van der Waals surface area contributed by atoms with Crippen LogP contribution in [0.3, 0.4) is 0 Å². The van der Waals surface area contributed by atoms with Crippen molar-refractivity contribution < 1.29 is 22.7 Å². The number of nitrogens with two attached hydrogens (primary N) is 1. The number of benzene rings is 1. The van der Waals surface area contributed by atoms with Crippen LogP contribution >= 0.6 is 0 Å². The number of alkyl halides is 3. The Morgan fingerprint density at radius 2 is 1.86 bits per heavy atom. The van der Waals surface area contributed by atoms with E-state index in [2.05, 4.69) is 0 Å². The van der Waals surface area contributed by atoms with Crippen molar-refractivity contribution in [3.63, 3.8) is 0 Å². The Bertz CT molecular complexity index is 348. The minimum atomic E-state index is -4.71. The van der Waals surface area contributed by atoms with Crippen molar-refractivity contribution in [2.75, 3.05) is 5.73 Å². The smallest absolute Gasteiger partial charge is 0.398 e. The molecular formula is C8H7F4NO.